The summed E-state index contributed by atoms with van der Waals surface area (Å²) in [6.45, 7) is 2.07. The molecule has 3 atom stereocenters. The minimum atomic E-state index is -0.691. The standard InChI is InChI=1S/C13H17NO2S/c1-2-6-10-11(13(16)14-12(10)15)17-9-7-4-3-5-8-9/h3-5,7-8,10-12,15H,2,6H2,1H3,(H,14,16). The van der Waals surface area contributed by atoms with Gasteiger partial charge in [0.05, 0.1) is 5.25 Å². The number of carbonyl (C=O) groups is 1. The van der Waals surface area contributed by atoms with Crippen LogP contribution in [0.4, 0.5) is 0 Å². The van der Waals surface area contributed by atoms with Gasteiger partial charge in [-0.2, -0.15) is 0 Å². The van der Waals surface area contributed by atoms with Crippen molar-refractivity contribution in [3.8, 4) is 0 Å². The molecule has 2 rings (SSSR count). The smallest absolute Gasteiger partial charge is 0.235 e. The third-order valence-electron chi connectivity index (χ3n) is 2.97. The Morgan fingerprint density at radius 2 is 2.06 bits per heavy atom. The van der Waals surface area contributed by atoms with Gasteiger partial charge in [0.1, 0.15) is 6.23 Å². The first-order valence-electron chi connectivity index (χ1n) is 5.92. The average Bonchev–Trinajstić information content (AvgIpc) is 2.58. The Balaban J connectivity index is 2.10. The van der Waals surface area contributed by atoms with Crippen molar-refractivity contribution in [1.29, 1.82) is 0 Å². The second kappa shape index (κ2) is 5.56. The summed E-state index contributed by atoms with van der Waals surface area (Å²) in [5.41, 5.74) is 0. The van der Waals surface area contributed by atoms with E-state index in [0.29, 0.717) is 0 Å². The zero-order valence-electron chi connectivity index (χ0n) is 9.80. The van der Waals surface area contributed by atoms with Gasteiger partial charge >= 0.3 is 0 Å². The van der Waals surface area contributed by atoms with Crippen LogP contribution in [-0.4, -0.2) is 22.5 Å². The van der Waals surface area contributed by atoms with Gasteiger partial charge in [0.2, 0.25) is 5.91 Å². The van der Waals surface area contributed by atoms with Gasteiger partial charge in [0, 0.05) is 10.8 Å². The lowest BCUT2D eigenvalue weighted by molar-refractivity contribution is -0.119. The van der Waals surface area contributed by atoms with E-state index in [2.05, 4.69) is 12.2 Å². The van der Waals surface area contributed by atoms with E-state index < -0.39 is 6.23 Å². The van der Waals surface area contributed by atoms with Gasteiger partial charge in [-0.1, -0.05) is 31.5 Å². The molecule has 1 amide bonds. The molecule has 1 aliphatic rings. The van der Waals surface area contributed by atoms with Gasteiger partial charge in [-0.25, -0.2) is 0 Å². The van der Waals surface area contributed by atoms with E-state index in [1.54, 1.807) is 0 Å². The van der Waals surface area contributed by atoms with E-state index in [1.807, 2.05) is 30.3 Å². The molecule has 4 heteroatoms. The number of carbonyl (C=O) groups excluding carboxylic acids is 1. The molecule has 0 radical (unpaired) electrons. The number of aliphatic hydroxyl groups is 1. The summed E-state index contributed by atoms with van der Waals surface area (Å²) in [6.07, 6.45) is 1.15. The normalized spacial score (nSPS) is 28.1. The van der Waals surface area contributed by atoms with Crippen LogP contribution in [0.3, 0.4) is 0 Å². The van der Waals surface area contributed by atoms with E-state index in [4.69, 9.17) is 0 Å². The van der Waals surface area contributed by atoms with E-state index in [-0.39, 0.29) is 17.1 Å². The second-order valence-electron chi connectivity index (χ2n) is 4.26. The lowest BCUT2D eigenvalue weighted by Crippen LogP contribution is -2.28. The number of aliphatic hydroxyl groups excluding tert-OH is 1. The lowest BCUT2D eigenvalue weighted by atomic mass is 10.0. The van der Waals surface area contributed by atoms with E-state index >= 15 is 0 Å². The van der Waals surface area contributed by atoms with Crippen molar-refractivity contribution in [1.82, 2.24) is 5.32 Å². The monoisotopic (exact) mass is 251 g/mol. The molecule has 3 unspecified atom stereocenters. The molecule has 1 aromatic rings. The number of hydrogen-bond acceptors (Lipinski definition) is 3. The fourth-order valence-electron chi connectivity index (χ4n) is 2.12. The first-order valence-corrected chi connectivity index (χ1v) is 6.80. The van der Waals surface area contributed by atoms with E-state index in [0.717, 1.165) is 17.7 Å². The van der Waals surface area contributed by atoms with Crippen molar-refractivity contribution in [2.45, 2.75) is 36.1 Å². The van der Waals surface area contributed by atoms with Crippen LogP contribution in [0, 0.1) is 5.92 Å². The zero-order valence-corrected chi connectivity index (χ0v) is 10.6. The summed E-state index contributed by atoms with van der Waals surface area (Å²) in [5, 5.41) is 12.2. The highest BCUT2D eigenvalue weighted by Crippen LogP contribution is 2.35. The molecule has 0 spiro atoms. The van der Waals surface area contributed by atoms with Gasteiger partial charge in [0.15, 0.2) is 0 Å². The van der Waals surface area contributed by atoms with Crippen LogP contribution in [0.5, 0.6) is 0 Å². The molecular weight excluding hydrogens is 234 g/mol. The van der Waals surface area contributed by atoms with Crippen LogP contribution in [0.2, 0.25) is 0 Å². The molecule has 1 heterocycles. The minimum absolute atomic E-state index is 0.0118. The maximum Gasteiger partial charge on any atom is 0.235 e. The summed E-state index contributed by atoms with van der Waals surface area (Å²) in [6, 6.07) is 9.86. The third-order valence-corrected chi connectivity index (χ3v) is 4.33. The van der Waals surface area contributed by atoms with Crippen molar-refractivity contribution < 1.29 is 9.90 Å². The highest BCUT2D eigenvalue weighted by Gasteiger charge is 2.41. The predicted molar refractivity (Wildman–Crippen MR) is 68.6 cm³/mol. The van der Waals surface area contributed by atoms with Crippen LogP contribution >= 0.6 is 11.8 Å². The van der Waals surface area contributed by atoms with Gasteiger partial charge in [-0.15, -0.1) is 11.8 Å². The SMILES string of the molecule is CCCC1C(O)NC(=O)C1Sc1ccccc1. The van der Waals surface area contributed by atoms with Gasteiger partial charge in [0.25, 0.3) is 0 Å². The third kappa shape index (κ3) is 2.82. The average molecular weight is 251 g/mol. The maximum absolute atomic E-state index is 11.8. The maximum atomic E-state index is 11.8. The molecule has 0 aliphatic carbocycles. The number of rotatable bonds is 4. The summed E-state index contributed by atoms with van der Waals surface area (Å²) in [4.78, 5) is 12.9. The number of hydrogen-bond donors (Lipinski definition) is 2. The Labute approximate surface area is 106 Å². The quantitative estimate of drug-likeness (QED) is 0.860. The van der Waals surface area contributed by atoms with Gasteiger partial charge < -0.3 is 10.4 Å². The van der Waals surface area contributed by atoms with Crippen molar-refractivity contribution in [3.63, 3.8) is 0 Å². The fraction of sp³-hybridized carbons (Fsp3) is 0.462. The lowest BCUT2D eigenvalue weighted by Gasteiger charge is -2.17. The number of thioether (sulfide) groups is 1. The Morgan fingerprint density at radius 1 is 1.35 bits per heavy atom. The molecule has 0 aromatic heterocycles. The molecule has 0 saturated carbocycles. The zero-order chi connectivity index (χ0) is 12.3. The highest BCUT2D eigenvalue weighted by atomic mass is 32.2. The molecule has 1 saturated heterocycles. The summed E-state index contributed by atoms with van der Waals surface area (Å²) >= 11 is 1.54. The summed E-state index contributed by atoms with van der Waals surface area (Å²) in [7, 11) is 0. The highest BCUT2D eigenvalue weighted by molar-refractivity contribution is 8.00. The molecule has 0 bridgehead atoms. The second-order valence-corrected chi connectivity index (χ2v) is 5.47. The molecule has 17 heavy (non-hydrogen) atoms. The molecule has 1 fully saturated rings. The number of amides is 1. The van der Waals surface area contributed by atoms with Crippen LogP contribution in [0.15, 0.2) is 35.2 Å². The Hall–Kier alpha value is -1.00. The Kier molecular flexibility index (Phi) is 4.07. The topological polar surface area (TPSA) is 49.3 Å². The van der Waals surface area contributed by atoms with E-state index in [1.165, 1.54) is 11.8 Å². The molecule has 2 N–H and O–H groups in total. The Bertz CT molecular complexity index is 382. The number of benzene rings is 1. The predicted octanol–water partition coefficient (Wildman–Crippen LogP) is 2.01. The largest absolute Gasteiger partial charge is 0.373 e. The van der Waals surface area contributed by atoms with Crippen molar-refractivity contribution in [2.24, 2.45) is 5.92 Å². The summed E-state index contributed by atoms with van der Waals surface area (Å²) in [5.74, 6) is -0.0393. The van der Waals surface area contributed by atoms with E-state index in [9.17, 15) is 9.90 Å². The van der Waals surface area contributed by atoms with Crippen LogP contribution in [0.1, 0.15) is 19.8 Å². The molecular formula is C13H17NO2S. The van der Waals surface area contributed by atoms with Crippen LogP contribution in [0.25, 0.3) is 0 Å². The first kappa shape index (κ1) is 12.5. The van der Waals surface area contributed by atoms with Crippen molar-refractivity contribution in [2.75, 3.05) is 0 Å². The molecule has 3 nitrogen and oxygen atoms in total. The first-order chi connectivity index (χ1) is 8.22. The van der Waals surface area contributed by atoms with Crippen LogP contribution in [-0.2, 0) is 4.79 Å². The summed E-state index contributed by atoms with van der Waals surface area (Å²) < 4.78 is 0. The molecule has 1 aromatic carbocycles. The van der Waals surface area contributed by atoms with Gasteiger partial charge in [-0.3, -0.25) is 4.79 Å². The molecule has 92 valence electrons. The fourth-order valence-corrected chi connectivity index (χ4v) is 3.37. The van der Waals surface area contributed by atoms with Gasteiger partial charge in [-0.05, 0) is 18.6 Å². The van der Waals surface area contributed by atoms with Crippen molar-refractivity contribution in [3.05, 3.63) is 30.3 Å². The Morgan fingerprint density at radius 3 is 2.71 bits per heavy atom. The number of nitrogens with one attached hydrogen (secondary N) is 1. The van der Waals surface area contributed by atoms with Crippen LogP contribution < -0.4 is 5.32 Å². The van der Waals surface area contributed by atoms with Crippen molar-refractivity contribution >= 4 is 17.7 Å². The minimum Gasteiger partial charge on any atom is -0.373 e. The molecule has 1 aliphatic heterocycles.